The number of ether oxygens (including phenoxy) is 2. The maximum atomic E-state index is 10.3. The van der Waals surface area contributed by atoms with Gasteiger partial charge in [-0.2, -0.15) is 9.97 Å². The van der Waals surface area contributed by atoms with Gasteiger partial charge < -0.3 is 20.9 Å². The molecular formula is C12H17N7O3. The number of nitroso groups, excluding NO2 is 1. The second-order valence-corrected chi connectivity index (χ2v) is 4.03. The molecular weight excluding hydrogens is 290 g/mol. The topological polar surface area (TPSA) is 151 Å². The first-order chi connectivity index (χ1) is 10.4. The first-order valence-electron chi connectivity index (χ1n) is 6.07. The zero-order chi connectivity index (χ0) is 16.7. The number of nitrogens with two attached hydrogens (primary N) is 2. The SMILES string of the molecule is COc1cc(C)nc(N)n1.COc1nc(N)nc(C)c1N=O. The van der Waals surface area contributed by atoms with Crippen molar-refractivity contribution < 1.29 is 9.47 Å². The minimum Gasteiger partial charge on any atom is -0.481 e. The Bertz CT molecular complexity index is 643. The molecule has 0 aliphatic carbocycles. The number of aryl methyl sites for hydroxylation is 2. The van der Waals surface area contributed by atoms with Crippen LogP contribution in [0, 0.1) is 18.8 Å². The molecule has 0 bridgehead atoms. The highest BCUT2D eigenvalue weighted by Gasteiger charge is 2.10. The maximum Gasteiger partial charge on any atom is 0.248 e. The van der Waals surface area contributed by atoms with Gasteiger partial charge in [0, 0.05) is 11.8 Å². The van der Waals surface area contributed by atoms with Crippen molar-refractivity contribution in [2.45, 2.75) is 13.8 Å². The predicted molar refractivity (Wildman–Crippen MR) is 80.9 cm³/mol. The Morgan fingerprint density at radius 2 is 1.64 bits per heavy atom. The Morgan fingerprint density at radius 3 is 2.14 bits per heavy atom. The molecule has 4 N–H and O–H groups in total. The van der Waals surface area contributed by atoms with Gasteiger partial charge in [0.15, 0.2) is 5.69 Å². The van der Waals surface area contributed by atoms with E-state index in [1.165, 1.54) is 7.11 Å². The average Bonchev–Trinajstić information content (AvgIpc) is 2.46. The lowest BCUT2D eigenvalue weighted by Crippen LogP contribution is -1.99. The Balaban J connectivity index is 0.000000224. The van der Waals surface area contributed by atoms with Gasteiger partial charge in [0.2, 0.25) is 23.7 Å². The van der Waals surface area contributed by atoms with Gasteiger partial charge in [-0.25, -0.2) is 9.97 Å². The summed E-state index contributed by atoms with van der Waals surface area (Å²) < 4.78 is 9.62. The lowest BCUT2D eigenvalue weighted by Gasteiger charge is -2.03. The lowest BCUT2D eigenvalue weighted by molar-refractivity contribution is 0.397. The molecule has 0 spiro atoms. The normalized spacial score (nSPS) is 9.45. The number of anilines is 2. The number of nitrogens with zero attached hydrogens (tertiary/aromatic N) is 5. The fourth-order valence-electron chi connectivity index (χ4n) is 1.48. The fraction of sp³-hybridized carbons (Fsp3) is 0.333. The van der Waals surface area contributed by atoms with Crippen LogP contribution in [0.5, 0.6) is 11.8 Å². The highest BCUT2D eigenvalue weighted by atomic mass is 16.5. The van der Waals surface area contributed by atoms with Crippen molar-refractivity contribution >= 4 is 17.6 Å². The lowest BCUT2D eigenvalue weighted by atomic mass is 10.4. The number of hydrogen-bond donors (Lipinski definition) is 2. The van der Waals surface area contributed by atoms with Crippen molar-refractivity contribution in [2.75, 3.05) is 25.7 Å². The summed E-state index contributed by atoms with van der Waals surface area (Å²) in [5.41, 5.74) is 12.0. The van der Waals surface area contributed by atoms with E-state index in [-0.39, 0.29) is 23.5 Å². The number of rotatable bonds is 3. The first kappa shape index (κ1) is 17.0. The minimum atomic E-state index is 0.0664. The molecule has 22 heavy (non-hydrogen) atoms. The van der Waals surface area contributed by atoms with Crippen LogP contribution in [0.4, 0.5) is 17.6 Å². The summed E-state index contributed by atoms with van der Waals surface area (Å²) >= 11 is 0. The molecule has 2 rings (SSSR count). The van der Waals surface area contributed by atoms with Crippen LogP contribution < -0.4 is 20.9 Å². The smallest absolute Gasteiger partial charge is 0.248 e. The second-order valence-electron chi connectivity index (χ2n) is 4.03. The Labute approximate surface area is 126 Å². The molecule has 0 saturated carbocycles. The van der Waals surface area contributed by atoms with E-state index < -0.39 is 0 Å². The van der Waals surface area contributed by atoms with E-state index >= 15 is 0 Å². The van der Waals surface area contributed by atoms with E-state index in [1.807, 2.05) is 6.92 Å². The van der Waals surface area contributed by atoms with Gasteiger partial charge in [0.05, 0.1) is 19.9 Å². The van der Waals surface area contributed by atoms with Gasteiger partial charge in [-0.05, 0) is 19.0 Å². The van der Waals surface area contributed by atoms with Gasteiger partial charge in [0.1, 0.15) is 0 Å². The maximum absolute atomic E-state index is 10.3. The molecule has 0 saturated heterocycles. The molecule has 0 radical (unpaired) electrons. The molecule has 2 aromatic rings. The minimum absolute atomic E-state index is 0.0664. The van der Waals surface area contributed by atoms with Gasteiger partial charge in [-0.15, -0.1) is 4.91 Å². The molecule has 2 aromatic heterocycles. The monoisotopic (exact) mass is 307 g/mol. The molecule has 0 aliphatic heterocycles. The Kier molecular flexibility index (Phi) is 5.93. The highest BCUT2D eigenvalue weighted by Crippen LogP contribution is 2.27. The van der Waals surface area contributed by atoms with E-state index in [0.717, 1.165) is 5.69 Å². The van der Waals surface area contributed by atoms with E-state index in [0.29, 0.717) is 11.6 Å². The standard InChI is InChI=1S/C6H8N4O2.C6H9N3O/c1-3-4(10-11)5(12-2)9-6(7)8-3;1-4-3-5(10-2)9-6(7)8-4/h1-2H3,(H2,7,8,9);3H,1-2H3,(H2,7,8,9). The summed E-state index contributed by atoms with van der Waals surface area (Å²) in [7, 11) is 2.93. The van der Waals surface area contributed by atoms with Gasteiger partial charge in [-0.1, -0.05) is 0 Å². The predicted octanol–water partition coefficient (Wildman–Crippen LogP) is 1.15. The van der Waals surface area contributed by atoms with Crippen LogP contribution in [-0.2, 0) is 0 Å². The summed E-state index contributed by atoms with van der Waals surface area (Å²) in [6.07, 6.45) is 0. The van der Waals surface area contributed by atoms with Crippen molar-refractivity contribution in [2.24, 2.45) is 5.18 Å². The van der Waals surface area contributed by atoms with Crippen molar-refractivity contribution in [1.29, 1.82) is 0 Å². The van der Waals surface area contributed by atoms with Crippen LogP contribution in [0.25, 0.3) is 0 Å². The van der Waals surface area contributed by atoms with Gasteiger partial charge in [0.25, 0.3) is 0 Å². The van der Waals surface area contributed by atoms with E-state index in [4.69, 9.17) is 20.9 Å². The zero-order valence-corrected chi connectivity index (χ0v) is 12.7. The first-order valence-corrected chi connectivity index (χ1v) is 6.07. The van der Waals surface area contributed by atoms with Crippen LogP contribution in [0.3, 0.4) is 0 Å². The third-order valence-electron chi connectivity index (χ3n) is 2.39. The van der Waals surface area contributed by atoms with Gasteiger partial charge >= 0.3 is 0 Å². The second kappa shape index (κ2) is 7.67. The van der Waals surface area contributed by atoms with Crippen LogP contribution in [0.15, 0.2) is 11.2 Å². The molecule has 0 unspecified atom stereocenters. The number of methoxy groups -OCH3 is 2. The molecule has 0 amide bonds. The molecule has 0 aromatic carbocycles. The molecule has 0 aliphatic rings. The van der Waals surface area contributed by atoms with Crippen molar-refractivity contribution in [3.8, 4) is 11.8 Å². The summed E-state index contributed by atoms with van der Waals surface area (Å²) in [5.74, 6) is 0.925. The van der Waals surface area contributed by atoms with Crippen LogP contribution in [0.1, 0.15) is 11.4 Å². The molecule has 10 nitrogen and oxygen atoms in total. The molecule has 0 atom stereocenters. The fourth-order valence-corrected chi connectivity index (χ4v) is 1.48. The molecule has 118 valence electrons. The highest BCUT2D eigenvalue weighted by molar-refractivity contribution is 5.52. The van der Waals surface area contributed by atoms with Gasteiger partial charge in [-0.3, -0.25) is 0 Å². The van der Waals surface area contributed by atoms with Crippen LogP contribution in [0.2, 0.25) is 0 Å². The molecule has 10 heteroatoms. The summed E-state index contributed by atoms with van der Waals surface area (Å²) in [5, 5.41) is 2.73. The van der Waals surface area contributed by atoms with Crippen molar-refractivity contribution in [3.05, 3.63) is 22.4 Å². The van der Waals surface area contributed by atoms with E-state index in [9.17, 15) is 4.91 Å². The molecule has 2 heterocycles. The number of hydrogen-bond acceptors (Lipinski definition) is 10. The zero-order valence-electron chi connectivity index (χ0n) is 12.7. The quantitative estimate of drug-likeness (QED) is 0.795. The molecule has 0 fully saturated rings. The van der Waals surface area contributed by atoms with Crippen LogP contribution >= 0.6 is 0 Å². The Hall–Kier alpha value is -3.04. The Morgan fingerprint density at radius 1 is 1.00 bits per heavy atom. The largest absolute Gasteiger partial charge is 0.481 e. The third kappa shape index (κ3) is 4.51. The summed E-state index contributed by atoms with van der Waals surface area (Å²) in [4.78, 5) is 25.4. The van der Waals surface area contributed by atoms with E-state index in [1.54, 1.807) is 20.1 Å². The number of nitrogen functional groups attached to an aromatic ring is 2. The average molecular weight is 307 g/mol. The van der Waals surface area contributed by atoms with E-state index in [2.05, 4.69) is 25.1 Å². The number of aromatic nitrogens is 4. The van der Waals surface area contributed by atoms with Crippen molar-refractivity contribution in [1.82, 2.24) is 19.9 Å². The van der Waals surface area contributed by atoms with Crippen molar-refractivity contribution in [3.63, 3.8) is 0 Å². The summed E-state index contributed by atoms with van der Waals surface area (Å²) in [6.45, 7) is 3.44. The van der Waals surface area contributed by atoms with Crippen LogP contribution in [-0.4, -0.2) is 34.2 Å². The summed E-state index contributed by atoms with van der Waals surface area (Å²) in [6, 6.07) is 1.72. The third-order valence-corrected chi connectivity index (χ3v) is 2.39.